The molecule has 0 aliphatic rings. The molecular weight excluding hydrogens is 158 g/mol. The molecule has 1 aromatic carbocycles. The molecule has 0 saturated heterocycles. The third-order valence-corrected chi connectivity index (χ3v) is 1.92. The summed E-state index contributed by atoms with van der Waals surface area (Å²) in [6.45, 7) is 4.37. The molecule has 0 heterocycles. The van der Waals surface area contributed by atoms with Gasteiger partial charge in [-0.1, -0.05) is 25.8 Å². The Bertz CT molecular complexity index is 331. The maximum atomic E-state index is 5.69. The van der Waals surface area contributed by atoms with Crippen LogP contribution in [0.25, 0.3) is 0 Å². The third-order valence-electron chi connectivity index (χ3n) is 1.92. The summed E-state index contributed by atoms with van der Waals surface area (Å²) in [6.07, 6.45) is 6.37. The SMILES string of the molecule is C#Cc1cc(CC(C)C)ccc1N. The molecule has 0 aliphatic heterocycles. The van der Waals surface area contributed by atoms with Gasteiger partial charge in [0.05, 0.1) is 0 Å². The molecule has 0 atom stereocenters. The molecule has 1 aromatic rings. The largest absolute Gasteiger partial charge is 0.398 e. The second-order valence-electron chi connectivity index (χ2n) is 3.66. The van der Waals surface area contributed by atoms with Crippen LogP contribution in [-0.2, 0) is 6.42 Å². The standard InChI is InChI=1S/C12H15N/c1-4-11-8-10(7-9(2)3)5-6-12(11)13/h1,5-6,8-9H,7,13H2,2-3H3. The fraction of sp³-hybridized carbons (Fsp3) is 0.333. The van der Waals surface area contributed by atoms with E-state index in [1.807, 2.05) is 18.2 Å². The van der Waals surface area contributed by atoms with Crippen molar-refractivity contribution in [3.8, 4) is 12.3 Å². The summed E-state index contributed by atoms with van der Waals surface area (Å²) >= 11 is 0. The second-order valence-corrected chi connectivity index (χ2v) is 3.66. The van der Waals surface area contributed by atoms with Crippen LogP contribution in [0.4, 0.5) is 5.69 Å². The topological polar surface area (TPSA) is 26.0 Å². The quantitative estimate of drug-likeness (QED) is 0.539. The molecule has 0 amide bonds. The van der Waals surface area contributed by atoms with Crippen LogP contribution in [0.1, 0.15) is 25.0 Å². The number of terminal acetylenes is 1. The number of anilines is 1. The Morgan fingerprint density at radius 2 is 2.15 bits per heavy atom. The fourth-order valence-corrected chi connectivity index (χ4v) is 1.33. The summed E-state index contributed by atoms with van der Waals surface area (Å²) in [5, 5.41) is 0. The Hall–Kier alpha value is -1.42. The highest BCUT2D eigenvalue weighted by molar-refractivity contribution is 5.56. The summed E-state index contributed by atoms with van der Waals surface area (Å²) in [5.74, 6) is 3.23. The first-order valence-corrected chi connectivity index (χ1v) is 4.48. The van der Waals surface area contributed by atoms with Crippen LogP contribution < -0.4 is 5.73 Å². The average molecular weight is 173 g/mol. The molecule has 0 saturated carbocycles. The molecule has 68 valence electrons. The van der Waals surface area contributed by atoms with E-state index in [2.05, 4.69) is 19.8 Å². The van der Waals surface area contributed by atoms with Crippen molar-refractivity contribution in [1.82, 2.24) is 0 Å². The maximum absolute atomic E-state index is 5.69. The minimum Gasteiger partial charge on any atom is -0.398 e. The molecule has 0 unspecified atom stereocenters. The van der Waals surface area contributed by atoms with Gasteiger partial charge in [-0.3, -0.25) is 0 Å². The maximum Gasteiger partial charge on any atom is 0.0474 e. The van der Waals surface area contributed by atoms with Crippen LogP contribution in [-0.4, -0.2) is 0 Å². The zero-order valence-electron chi connectivity index (χ0n) is 8.17. The predicted molar refractivity (Wildman–Crippen MR) is 57.3 cm³/mol. The van der Waals surface area contributed by atoms with E-state index in [4.69, 9.17) is 12.2 Å². The molecule has 0 radical (unpaired) electrons. The molecule has 1 heteroatoms. The lowest BCUT2D eigenvalue weighted by Crippen LogP contribution is -1.97. The van der Waals surface area contributed by atoms with Crippen LogP contribution in [0.15, 0.2) is 18.2 Å². The lowest BCUT2D eigenvalue weighted by Gasteiger charge is -2.06. The Balaban J connectivity index is 2.95. The molecule has 0 spiro atoms. The van der Waals surface area contributed by atoms with E-state index in [0.717, 1.165) is 12.0 Å². The van der Waals surface area contributed by atoms with Crippen LogP contribution >= 0.6 is 0 Å². The van der Waals surface area contributed by atoms with Crippen molar-refractivity contribution in [3.05, 3.63) is 29.3 Å². The minimum atomic E-state index is 0.647. The van der Waals surface area contributed by atoms with Crippen molar-refractivity contribution >= 4 is 5.69 Å². The lowest BCUT2D eigenvalue weighted by molar-refractivity contribution is 0.647. The highest BCUT2D eigenvalue weighted by Crippen LogP contribution is 2.15. The van der Waals surface area contributed by atoms with E-state index in [9.17, 15) is 0 Å². The highest BCUT2D eigenvalue weighted by atomic mass is 14.5. The molecule has 0 aromatic heterocycles. The van der Waals surface area contributed by atoms with Crippen molar-refractivity contribution < 1.29 is 0 Å². The summed E-state index contributed by atoms with van der Waals surface area (Å²) in [4.78, 5) is 0. The van der Waals surface area contributed by atoms with Crippen LogP contribution in [0, 0.1) is 18.3 Å². The summed E-state index contributed by atoms with van der Waals surface area (Å²) in [7, 11) is 0. The van der Waals surface area contributed by atoms with Gasteiger partial charge in [0.25, 0.3) is 0 Å². The van der Waals surface area contributed by atoms with Crippen LogP contribution in [0.3, 0.4) is 0 Å². The highest BCUT2D eigenvalue weighted by Gasteiger charge is 2.00. The smallest absolute Gasteiger partial charge is 0.0474 e. The summed E-state index contributed by atoms with van der Waals surface area (Å²) < 4.78 is 0. The van der Waals surface area contributed by atoms with Crippen molar-refractivity contribution in [3.63, 3.8) is 0 Å². The number of benzene rings is 1. The Morgan fingerprint density at radius 1 is 1.46 bits per heavy atom. The van der Waals surface area contributed by atoms with Gasteiger partial charge in [0.2, 0.25) is 0 Å². The van der Waals surface area contributed by atoms with E-state index < -0.39 is 0 Å². The molecule has 2 N–H and O–H groups in total. The first-order valence-electron chi connectivity index (χ1n) is 4.48. The zero-order chi connectivity index (χ0) is 9.84. The van der Waals surface area contributed by atoms with E-state index in [1.165, 1.54) is 5.56 Å². The van der Waals surface area contributed by atoms with E-state index >= 15 is 0 Å². The van der Waals surface area contributed by atoms with Gasteiger partial charge in [0.1, 0.15) is 0 Å². The first-order chi connectivity index (χ1) is 6.13. The number of nitrogen functional groups attached to an aromatic ring is 1. The Labute approximate surface area is 80.0 Å². The molecule has 1 nitrogen and oxygen atoms in total. The minimum absolute atomic E-state index is 0.647. The Kier molecular flexibility index (Phi) is 2.97. The first kappa shape index (κ1) is 9.67. The monoisotopic (exact) mass is 173 g/mol. The number of rotatable bonds is 2. The second kappa shape index (κ2) is 4.00. The van der Waals surface area contributed by atoms with Gasteiger partial charge >= 0.3 is 0 Å². The third kappa shape index (κ3) is 2.52. The van der Waals surface area contributed by atoms with E-state index in [1.54, 1.807) is 0 Å². The van der Waals surface area contributed by atoms with Crippen LogP contribution in [0.2, 0.25) is 0 Å². The van der Waals surface area contributed by atoms with Gasteiger partial charge in [-0.25, -0.2) is 0 Å². The van der Waals surface area contributed by atoms with Gasteiger partial charge in [-0.15, -0.1) is 6.42 Å². The number of hydrogen-bond acceptors (Lipinski definition) is 1. The Morgan fingerprint density at radius 3 is 2.69 bits per heavy atom. The molecule has 13 heavy (non-hydrogen) atoms. The molecule has 1 rings (SSSR count). The zero-order valence-corrected chi connectivity index (χ0v) is 8.17. The van der Waals surface area contributed by atoms with Crippen molar-refractivity contribution in [2.75, 3.05) is 5.73 Å². The van der Waals surface area contributed by atoms with Crippen molar-refractivity contribution in [2.24, 2.45) is 5.92 Å². The van der Waals surface area contributed by atoms with Gasteiger partial charge < -0.3 is 5.73 Å². The van der Waals surface area contributed by atoms with Crippen molar-refractivity contribution in [2.45, 2.75) is 20.3 Å². The normalized spacial score (nSPS) is 10.0. The van der Waals surface area contributed by atoms with Crippen molar-refractivity contribution in [1.29, 1.82) is 0 Å². The lowest BCUT2D eigenvalue weighted by atomic mass is 10.0. The number of nitrogens with two attached hydrogens (primary N) is 1. The molecule has 0 aliphatic carbocycles. The van der Waals surface area contributed by atoms with Gasteiger partial charge in [0.15, 0.2) is 0 Å². The average Bonchev–Trinajstić information content (AvgIpc) is 2.07. The van der Waals surface area contributed by atoms with E-state index in [0.29, 0.717) is 11.6 Å². The van der Waals surface area contributed by atoms with E-state index in [-0.39, 0.29) is 0 Å². The van der Waals surface area contributed by atoms with Gasteiger partial charge in [-0.2, -0.15) is 0 Å². The molecular formula is C12H15N. The molecule has 0 bridgehead atoms. The number of hydrogen-bond donors (Lipinski definition) is 1. The molecule has 0 fully saturated rings. The summed E-state index contributed by atoms with van der Waals surface area (Å²) in [6, 6.07) is 5.92. The van der Waals surface area contributed by atoms with Crippen LogP contribution in [0.5, 0.6) is 0 Å². The van der Waals surface area contributed by atoms with Gasteiger partial charge in [-0.05, 0) is 30.0 Å². The summed E-state index contributed by atoms with van der Waals surface area (Å²) in [5.41, 5.74) is 8.44. The fourth-order valence-electron chi connectivity index (χ4n) is 1.33. The van der Waals surface area contributed by atoms with Gasteiger partial charge in [0, 0.05) is 11.3 Å². The predicted octanol–water partition coefficient (Wildman–Crippen LogP) is 2.45.